The van der Waals surface area contributed by atoms with Gasteiger partial charge in [0.15, 0.2) is 6.10 Å². The van der Waals surface area contributed by atoms with Crippen molar-refractivity contribution >= 4 is 27.3 Å². The molecule has 2 N–H and O–H groups in total. The first-order chi connectivity index (χ1) is 14.4. The average molecular weight is 425 g/mol. The molecule has 1 amide bonds. The fourth-order valence-electron chi connectivity index (χ4n) is 2.76. The van der Waals surface area contributed by atoms with Gasteiger partial charge in [0.05, 0.1) is 4.90 Å². The lowest BCUT2D eigenvalue weighted by atomic mass is 10.2. The molecule has 7 heteroatoms. The highest BCUT2D eigenvalue weighted by Gasteiger charge is 2.19. The fourth-order valence-corrected chi connectivity index (χ4v) is 3.82. The van der Waals surface area contributed by atoms with E-state index in [-0.39, 0.29) is 10.8 Å². The van der Waals surface area contributed by atoms with Crippen molar-refractivity contribution in [3.63, 3.8) is 0 Å². The summed E-state index contributed by atoms with van der Waals surface area (Å²) in [6, 6.07) is 22.2. The molecule has 0 unspecified atom stereocenters. The van der Waals surface area contributed by atoms with Gasteiger partial charge in [-0.25, -0.2) is 8.42 Å². The van der Waals surface area contributed by atoms with E-state index in [1.54, 1.807) is 36.4 Å². The summed E-state index contributed by atoms with van der Waals surface area (Å²) in [6.45, 7) is 3.79. The summed E-state index contributed by atoms with van der Waals surface area (Å²) in [5.41, 5.74) is 2.02. The van der Waals surface area contributed by atoms with Crippen molar-refractivity contribution in [2.75, 3.05) is 10.0 Å². The first-order valence-electron chi connectivity index (χ1n) is 9.59. The Morgan fingerprint density at radius 2 is 1.50 bits per heavy atom. The van der Waals surface area contributed by atoms with Crippen molar-refractivity contribution in [3.8, 4) is 5.75 Å². The van der Waals surface area contributed by atoms with Gasteiger partial charge in [0.25, 0.3) is 15.9 Å². The van der Waals surface area contributed by atoms with Crippen LogP contribution in [-0.2, 0) is 14.8 Å². The molecule has 0 aromatic heterocycles. The number of carbonyl (C=O) groups excluding carboxylic acids is 1. The second kappa shape index (κ2) is 9.45. The minimum absolute atomic E-state index is 0.105. The Kier molecular flexibility index (Phi) is 6.74. The largest absolute Gasteiger partial charge is 0.481 e. The van der Waals surface area contributed by atoms with Gasteiger partial charge in [0.1, 0.15) is 5.75 Å². The summed E-state index contributed by atoms with van der Waals surface area (Å²) in [6.07, 6.45) is -0.160. The third kappa shape index (κ3) is 5.61. The Hall–Kier alpha value is -3.32. The molecule has 0 aliphatic carbocycles. The number of nitrogens with one attached hydrogen (secondary N) is 2. The quantitative estimate of drug-likeness (QED) is 0.554. The maximum Gasteiger partial charge on any atom is 0.265 e. The lowest BCUT2D eigenvalue weighted by Gasteiger charge is -2.17. The summed E-state index contributed by atoms with van der Waals surface area (Å²) >= 11 is 0. The molecule has 1 atom stereocenters. The molecule has 6 nitrogen and oxygen atoms in total. The lowest BCUT2D eigenvalue weighted by Crippen LogP contribution is -2.32. The van der Waals surface area contributed by atoms with Crippen molar-refractivity contribution in [1.82, 2.24) is 0 Å². The van der Waals surface area contributed by atoms with Crippen LogP contribution in [0, 0.1) is 6.92 Å². The SMILES string of the molecule is CC[C@H](Oc1ccccc1)C(=O)Nc1ccc(S(=O)(=O)Nc2ccc(C)cc2)cc1. The molecule has 3 rings (SSSR count). The van der Waals surface area contributed by atoms with Gasteiger partial charge in [-0.15, -0.1) is 0 Å². The Morgan fingerprint density at radius 3 is 2.10 bits per heavy atom. The van der Waals surface area contributed by atoms with Gasteiger partial charge in [0, 0.05) is 11.4 Å². The van der Waals surface area contributed by atoms with Crippen LogP contribution in [0.3, 0.4) is 0 Å². The topological polar surface area (TPSA) is 84.5 Å². The Morgan fingerprint density at radius 1 is 0.900 bits per heavy atom. The van der Waals surface area contributed by atoms with Crippen LogP contribution in [0.15, 0.2) is 83.8 Å². The number of amides is 1. The molecule has 0 radical (unpaired) electrons. The van der Waals surface area contributed by atoms with Gasteiger partial charge in [0.2, 0.25) is 0 Å². The normalized spacial score (nSPS) is 12.1. The second-order valence-electron chi connectivity index (χ2n) is 6.81. The number of ether oxygens (including phenoxy) is 1. The van der Waals surface area contributed by atoms with Crippen molar-refractivity contribution in [1.29, 1.82) is 0 Å². The molecule has 3 aromatic rings. The molecule has 0 fully saturated rings. The van der Waals surface area contributed by atoms with Crippen LogP contribution in [0.1, 0.15) is 18.9 Å². The van der Waals surface area contributed by atoms with Crippen molar-refractivity contribution in [3.05, 3.63) is 84.4 Å². The number of aryl methyl sites for hydroxylation is 1. The number of sulfonamides is 1. The average Bonchev–Trinajstić information content (AvgIpc) is 2.74. The molecule has 30 heavy (non-hydrogen) atoms. The Balaban J connectivity index is 1.65. The molecule has 156 valence electrons. The maximum absolute atomic E-state index is 12.6. The molecule has 0 saturated heterocycles. The van der Waals surface area contributed by atoms with Crippen LogP contribution in [0.25, 0.3) is 0 Å². The van der Waals surface area contributed by atoms with Gasteiger partial charge in [-0.1, -0.05) is 42.8 Å². The molecule has 0 aliphatic heterocycles. The molecule has 0 bridgehead atoms. The monoisotopic (exact) mass is 424 g/mol. The van der Waals surface area contributed by atoms with E-state index in [0.29, 0.717) is 23.5 Å². The number of carbonyl (C=O) groups is 1. The zero-order valence-electron chi connectivity index (χ0n) is 16.8. The van der Waals surface area contributed by atoms with E-state index in [2.05, 4.69) is 10.0 Å². The predicted octanol–water partition coefficient (Wildman–Crippen LogP) is 4.59. The molecular weight excluding hydrogens is 400 g/mol. The van der Waals surface area contributed by atoms with Gasteiger partial charge >= 0.3 is 0 Å². The summed E-state index contributed by atoms with van der Waals surface area (Å²) in [4.78, 5) is 12.6. The number of anilines is 2. The van der Waals surface area contributed by atoms with Crippen LogP contribution in [0.4, 0.5) is 11.4 Å². The summed E-state index contributed by atoms with van der Waals surface area (Å²) < 4.78 is 33.4. The highest BCUT2D eigenvalue weighted by Crippen LogP contribution is 2.20. The predicted molar refractivity (Wildman–Crippen MR) is 118 cm³/mol. The fraction of sp³-hybridized carbons (Fsp3) is 0.174. The van der Waals surface area contributed by atoms with E-state index >= 15 is 0 Å². The minimum atomic E-state index is -3.72. The number of rotatable bonds is 8. The summed E-state index contributed by atoms with van der Waals surface area (Å²) in [5.74, 6) is 0.317. The van der Waals surface area contributed by atoms with Crippen molar-refractivity contribution < 1.29 is 17.9 Å². The van der Waals surface area contributed by atoms with E-state index in [0.717, 1.165) is 5.56 Å². The smallest absolute Gasteiger partial charge is 0.265 e. The van der Waals surface area contributed by atoms with Crippen LogP contribution >= 0.6 is 0 Å². The molecule has 0 aliphatic rings. The number of para-hydroxylation sites is 1. The Bertz CT molecular complexity index is 1080. The van der Waals surface area contributed by atoms with E-state index in [1.165, 1.54) is 12.1 Å². The number of hydrogen-bond acceptors (Lipinski definition) is 4. The molecule has 3 aromatic carbocycles. The number of benzene rings is 3. The third-order valence-electron chi connectivity index (χ3n) is 4.42. The van der Waals surface area contributed by atoms with E-state index in [1.807, 2.05) is 44.2 Å². The molecule has 0 spiro atoms. The Labute approximate surface area is 177 Å². The maximum atomic E-state index is 12.6. The minimum Gasteiger partial charge on any atom is -0.481 e. The highest BCUT2D eigenvalue weighted by atomic mass is 32.2. The second-order valence-corrected chi connectivity index (χ2v) is 8.50. The van der Waals surface area contributed by atoms with Crippen molar-refractivity contribution in [2.45, 2.75) is 31.3 Å². The van der Waals surface area contributed by atoms with Crippen LogP contribution in [0.5, 0.6) is 5.75 Å². The lowest BCUT2D eigenvalue weighted by molar-refractivity contribution is -0.122. The first-order valence-corrected chi connectivity index (χ1v) is 11.1. The standard InChI is InChI=1S/C23H24N2O4S/c1-3-22(29-20-7-5-4-6-8-20)23(26)24-18-13-15-21(16-14-18)30(27,28)25-19-11-9-17(2)10-12-19/h4-16,22,25H,3H2,1-2H3,(H,24,26)/t22-/m0/s1. The van der Waals surface area contributed by atoms with Gasteiger partial charge in [-0.05, 0) is 61.9 Å². The van der Waals surface area contributed by atoms with Crippen LogP contribution in [0.2, 0.25) is 0 Å². The first kappa shape index (κ1) is 21.4. The van der Waals surface area contributed by atoms with E-state index < -0.39 is 16.1 Å². The van der Waals surface area contributed by atoms with Crippen molar-refractivity contribution in [2.24, 2.45) is 0 Å². The third-order valence-corrected chi connectivity index (χ3v) is 5.82. The molecule has 0 saturated carbocycles. The van der Waals surface area contributed by atoms with E-state index in [4.69, 9.17) is 4.74 Å². The van der Waals surface area contributed by atoms with Crippen LogP contribution < -0.4 is 14.8 Å². The number of hydrogen-bond donors (Lipinski definition) is 2. The highest BCUT2D eigenvalue weighted by molar-refractivity contribution is 7.92. The van der Waals surface area contributed by atoms with Crippen LogP contribution in [-0.4, -0.2) is 20.4 Å². The van der Waals surface area contributed by atoms with Gasteiger partial charge in [-0.2, -0.15) is 0 Å². The zero-order chi connectivity index (χ0) is 21.6. The summed E-state index contributed by atoms with van der Waals surface area (Å²) in [7, 11) is -3.72. The summed E-state index contributed by atoms with van der Waals surface area (Å²) in [5, 5.41) is 2.77. The van der Waals surface area contributed by atoms with Gasteiger partial charge < -0.3 is 10.1 Å². The molecule has 0 heterocycles. The zero-order valence-corrected chi connectivity index (χ0v) is 17.6. The molecular formula is C23H24N2O4S. The van der Waals surface area contributed by atoms with Gasteiger partial charge in [-0.3, -0.25) is 9.52 Å². The van der Waals surface area contributed by atoms with E-state index in [9.17, 15) is 13.2 Å².